The molecule has 1 aromatic heterocycles. The van der Waals surface area contributed by atoms with Gasteiger partial charge in [0.25, 0.3) is 5.69 Å². The summed E-state index contributed by atoms with van der Waals surface area (Å²) in [6, 6.07) is 6.82. The van der Waals surface area contributed by atoms with Crippen LogP contribution < -0.4 is 0 Å². The molecule has 6 heteroatoms. The zero-order valence-corrected chi connectivity index (χ0v) is 10.5. The number of methoxy groups -OCH3 is 1. The number of esters is 1. The van der Waals surface area contributed by atoms with Gasteiger partial charge in [-0.3, -0.25) is 14.9 Å². The van der Waals surface area contributed by atoms with Crippen molar-refractivity contribution in [3.63, 3.8) is 0 Å². The van der Waals surface area contributed by atoms with Crippen LogP contribution in [0.4, 0.5) is 5.69 Å². The molecule has 2 aromatic rings. The van der Waals surface area contributed by atoms with Crippen LogP contribution in [-0.4, -0.2) is 22.6 Å². The number of fused-ring (bicyclic) bond motifs is 1. The summed E-state index contributed by atoms with van der Waals surface area (Å²) in [6.07, 6.45) is 2.69. The molecule has 0 aliphatic rings. The Bertz CT molecular complexity index is 618. The second kappa shape index (κ2) is 5.51. The number of nitrogens with zero attached hydrogens (tertiary/aromatic N) is 2. The Balaban J connectivity index is 2.24. The summed E-state index contributed by atoms with van der Waals surface area (Å²) in [4.78, 5) is 21.7. The third-order valence-electron chi connectivity index (χ3n) is 2.97. The van der Waals surface area contributed by atoms with Crippen LogP contribution in [0.3, 0.4) is 0 Å². The van der Waals surface area contributed by atoms with Gasteiger partial charge in [0.1, 0.15) is 5.52 Å². The molecule has 1 aromatic carbocycles. The molecule has 0 saturated carbocycles. The summed E-state index contributed by atoms with van der Waals surface area (Å²) in [6.45, 7) is 0.545. The van der Waals surface area contributed by atoms with E-state index in [1.807, 2.05) is 12.1 Å². The highest BCUT2D eigenvalue weighted by Gasteiger charge is 2.15. The molecule has 0 amide bonds. The van der Waals surface area contributed by atoms with Gasteiger partial charge in [0, 0.05) is 30.6 Å². The van der Waals surface area contributed by atoms with E-state index in [1.54, 1.807) is 16.8 Å². The summed E-state index contributed by atoms with van der Waals surface area (Å²) < 4.78 is 6.36. The first-order valence-electron chi connectivity index (χ1n) is 5.92. The monoisotopic (exact) mass is 262 g/mol. The number of hydrogen-bond acceptors (Lipinski definition) is 4. The fraction of sp³-hybridized carbons (Fsp3) is 0.308. The van der Waals surface area contributed by atoms with Crippen molar-refractivity contribution < 1.29 is 14.5 Å². The third kappa shape index (κ3) is 2.73. The number of ether oxygens (including phenoxy) is 1. The number of aryl methyl sites for hydroxylation is 1. The number of non-ortho nitro benzene ring substituents is 1. The van der Waals surface area contributed by atoms with Gasteiger partial charge in [-0.05, 0) is 12.5 Å². The van der Waals surface area contributed by atoms with Gasteiger partial charge in [-0.1, -0.05) is 12.1 Å². The van der Waals surface area contributed by atoms with Crippen molar-refractivity contribution in [1.29, 1.82) is 0 Å². The van der Waals surface area contributed by atoms with Gasteiger partial charge in [-0.25, -0.2) is 0 Å². The number of nitro groups is 1. The molecule has 1 heterocycles. The molecule has 2 rings (SSSR count). The maximum Gasteiger partial charge on any atom is 0.305 e. The summed E-state index contributed by atoms with van der Waals surface area (Å²) in [5, 5.41) is 11.8. The Hall–Kier alpha value is -2.37. The van der Waals surface area contributed by atoms with Crippen molar-refractivity contribution in [2.45, 2.75) is 19.4 Å². The molecule has 0 fully saturated rings. The topological polar surface area (TPSA) is 74.4 Å². The van der Waals surface area contributed by atoms with E-state index < -0.39 is 0 Å². The van der Waals surface area contributed by atoms with Gasteiger partial charge in [-0.2, -0.15) is 0 Å². The number of para-hydroxylation sites is 1. The Labute approximate surface area is 109 Å². The zero-order chi connectivity index (χ0) is 13.8. The van der Waals surface area contributed by atoms with E-state index in [9.17, 15) is 14.9 Å². The number of rotatable bonds is 5. The lowest BCUT2D eigenvalue weighted by molar-refractivity contribution is -0.383. The normalized spacial score (nSPS) is 10.6. The largest absolute Gasteiger partial charge is 0.469 e. The number of nitro benzene ring substituents is 1. The standard InChI is InChI=1S/C13H14N2O4/c1-19-12(16)6-3-8-14-9-7-10-4-2-5-11(13(10)14)15(17)18/h2,4-5,7,9H,3,6,8H2,1H3. The highest BCUT2D eigenvalue weighted by atomic mass is 16.6. The second-order valence-electron chi connectivity index (χ2n) is 4.16. The van der Waals surface area contributed by atoms with Crippen LogP contribution in [-0.2, 0) is 16.1 Å². The summed E-state index contributed by atoms with van der Waals surface area (Å²) in [7, 11) is 1.35. The molecule has 0 aliphatic carbocycles. The molecule has 0 atom stereocenters. The molecular weight excluding hydrogens is 248 g/mol. The Morgan fingerprint density at radius 3 is 2.89 bits per heavy atom. The summed E-state index contributed by atoms with van der Waals surface area (Å²) >= 11 is 0. The number of carbonyl (C=O) groups excluding carboxylic acids is 1. The predicted octanol–water partition coefficient (Wildman–Crippen LogP) is 2.50. The minimum absolute atomic E-state index is 0.0839. The van der Waals surface area contributed by atoms with Gasteiger partial charge in [0.05, 0.1) is 12.0 Å². The highest BCUT2D eigenvalue weighted by Crippen LogP contribution is 2.26. The number of aromatic nitrogens is 1. The van der Waals surface area contributed by atoms with E-state index in [0.29, 0.717) is 24.9 Å². The minimum atomic E-state index is -0.390. The summed E-state index contributed by atoms with van der Waals surface area (Å²) in [5.41, 5.74) is 0.679. The van der Waals surface area contributed by atoms with E-state index in [-0.39, 0.29) is 16.6 Å². The molecule has 0 N–H and O–H groups in total. The van der Waals surface area contributed by atoms with Gasteiger partial charge < -0.3 is 9.30 Å². The Morgan fingerprint density at radius 2 is 2.21 bits per heavy atom. The summed E-state index contributed by atoms with van der Waals surface area (Å²) in [5.74, 6) is -0.272. The van der Waals surface area contributed by atoms with Gasteiger partial charge in [-0.15, -0.1) is 0 Å². The number of benzene rings is 1. The fourth-order valence-electron chi connectivity index (χ4n) is 2.07. The van der Waals surface area contributed by atoms with Crippen LogP contribution in [0.5, 0.6) is 0 Å². The van der Waals surface area contributed by atoms with Crippen molar-refractivity contribution in [2.24, 2.45) is 0 Å². The number of carbonyl (C=O) groups is 1. The van der Waals surface area contributed by atoms with Crippen LogP contribution in [0.2, 0.25) is 0 Å². The van der Waals surface area contributed by atoms with E-state index in [1.165, 1.54) is 13.2 Å². The smallest absolute Gasteiger partial charge is 0.305 e. The molecule has 0 saturated heterocycles. The van der Waals surface area contributed by atoms with E-state index >= 15 is 0 Å². The quantitative estimate of drug-likeness (QED) is 0.471. The van der Waals surface area contributed by atoms with Crippen molar-refractivity contribution in [2.75, 3.05) is 7.11 Å². The predicted molar refractivity (Wildman–Crippen MR) is 69.8 cm³/mol. The maximum absolute atomic E-state index is 11.0. The second-order valence-corrected chi connectivity index (χ2v) is 4.16. The fourth-order valence-corrected chi connectivity index (χ4v) is 2.07. The van der Waals surface area contributed by atoms with Gasteiger partial charge >= 0.3 is 5.97 Å². The third-order valence-corrected chi connectivity index (χ3v) is 2.97. The van der Waals surface area contributed by atoms with Crippen LogP contribution in [0.15, 0.2) is 30.5 Å². The number of hydrogen-bond donors (Lipinski definition) is 0. The minimum Gasteiger partial charge on any atom is -0.469 e. The lowest BCUT2D eigenvalue weighted by atomic mass is 10.2. The van der Waals surface area contributed by atoms with Gasteiger partial charge in [0.15, 0.2) is 0 Å². The van der Waals surface area contributed by atoms with Gasteiger partial charge in [0.2, 0.25) is 0 Å². The van der Waals surface area contributed by atoms with Crippen LogP contribution in [0, 0.1) is 10.1 Å². The van der Waals surface area contributed by atoms with Crippen molar-refractivity contribution >= 4 is 22.6 Å². The molecule has 100 valence electrons. The molecule has 19 heavy (non-hydrogen) atoms. The molecule has 0 bridgehead atoms. The lowest BCUT2D eigenvalue weighted by Crippen LogP contribution is -2.04. The molecule has 0 radical (unpaired) electrons. The first kappa shape index (κ1) is 13.1. The van der Waals surface area contributed by atoms with Crippen molar-refractivity contribution in [1.82, 2.24) is 4.57 Å². The van der Waals surface area contributed by atoms with E-state index in [0.717, 1.165) is 5.39 Å². The van der Waals surface area contributed by atoms with Crippen LogP contribution >= 0.6 is 0 Å². The van der Waals surface area contributed by atoms with Crippen LogP contribution in [0.25, 0.3) is 10.9 Å². The zero-order valence-electron chi connectivity index (χ0n) is 10.5. The molecular formula is C13H14N2O4. The van der Waals surface area contributed by atoms with Crippen molar-refractivity contribution in [3.05, 3.63) is 40.6 Å². The molecule has 0 aliphatic heterocycles. The molecule has 0 spiro atoms. The van der Waals surface area contributed by atoms with Crippen molar-refractivity contribution in [3.8, 4) is 0 Å². The first-order valence-corrected chi connectivity index (χ1v) is 5.92. The maximum atomic E-state index is 11.0. The average Bonchev–Trinajstić information content (AvgIpc) is 2.81. The Kier molecular flexibility index (Phi) is 3.79. The van der Waals surface area contributed by atoms with E-state index in [2.05, 4.69) is 4.74 Å². The molecule has 0 unspecified atom stereocenters. The Morgan fingerprint density at radius 1 is 1.42 bits per heavy atom. The highest BCUT2D eigenvalue weighted by molar-refractivity contribution is 5.88. The first-order chi connectivity index (χ1) is 9.13. The van der Waals surface area contributed by atoms with Crippen LogP contribution in [0.1, 0.15) is 12.8 Å². The lowest BCUT2D eigenvalue weighted by Gasteiger charge is -2.05. The van der Waals surface area contributed by atoms with E-state index in [4.69, 9.17) is 0 Å². The SMILES string of the molecule is COC(=O)CCCn1ccc2cccc([N+](=O)[O-])c21. The average molecular weight is 262 g/mol. The molecule has 6 nitrogen and oxygen atoms in total.